The smallest absolute Gasteiger partial charge is 0.338 e. The number of carbonyl (C=O) groups is 2. The molecule has 0 aliphatic carbocycles. The van der Waals surface area contributed by atoms with E-state index in [1.807, 2.05) is 13.8 Å². The first-order chi connectivity index (χ1) is 19.1. The highest BCUT2D eigenvalue weighted by Crippen LogP contribution is 2.41. The lowest BCUT2D eigenvalue weighted by Gasteiger charge is -2.28. The summed E-state index contributed by atoms with van der Waals surface area (Å²) >= 11 is 0. The third-order valence-electron chi connectivity index (χ3n) is 6.81. The minimum absolute atomic E-state index is 0.0401. The van der Waals surface area contributed by atoms with Gasteiger partial charge in [0.05, 0.1) is 22.2 Å². The van der Waals surface area contributed by atoms with Gasteiger partial charge in [-0.1, -0.05) is 41.3 Å². The molecule has 1 saturated heterocycles. The van der Waals surface area contributed by atoms with Crippen LogP contribution in [0.3, 0.4) is 0 Å². The molecular formula is C29H28N6O5. The topological polar surface area (TPSA) is 157 Å². The monoisotopic (exact) mass is 540 g/mol. The Hall–Kier alpha value is -4.95. The molecule has 3 atom stereocenters. The molecule has 40 heavy (non-hydrogen) atoms. The molecule has 11 heteroatoms. The lowest BCUT2D eigenvalue weighted by molar-refractivity contribution is -0.0992. The standard InChI is InChI=1S/C29H28N6O5/c1-5-29(15-38-26(36)19-10-6-16(2)7-11-19)21(39-27(37)20-12-8-17(3)9-13-20)14-22(40-29)35-25-23(18(4)34-35)24(30)32-28(31)33-25/h1,6-13,21-22H,14-15H2,2-4H3,(H4,30,31,32,33)/t21-,22-,29+/m0/s1. The summed E-state index contributed by atoms with van der Waals surface area (Å²) in [5, 5.41) is 5.05. The fraction of sp³-hybridized carbons (Fsp3) is 0.276. The van der Waals surface area contributed by atoms with Gasteiger partial charge in [-0.3, -0.25) is 0 Å². The zero-order valence-electron chi connectivity index (χ0n) is 22.2. The predicted octanol–water partition coefficient (Wildman–Crippen LogP) is 3.29. The number of anilines is 2. The molecule has 5 rings (SSSR count). The van der Waals surface area contributed by atoms with E-state index < -0.39 is 29.9 Å². The van der Waals surface area contributed by atoms with E-state index >= 15 is 0 Å². The molecule has 0 unspecified atom stereocenters. The number of fused-ring (bicyclic) bond motifs is 1. The fourth-order valence-electron chi connectivity index (χ4n) is 4.62. The average Bonchev–Trinajstić information content (AvgIpc) is 3.45. The van der Waals surface area contributed by atoms with Crippen molar-refractivity contribution in [3.8, 4) is 12.3 Å². The van der Waals surface area contributed by atoms with Gasteiger partial charge in [0.1, 0.15) is 12.4 Å². The largest absolute Gasteiger partial charge is 0.458 e. The Labute approximate surface area is 230 Å². The maximum absolute atomic E-state index is 13.1. The van der Waals surface area contributed by atoms with Crippen LogP contribution in [0.25, 0.3) is 11.0 Å². The van der Waals surface area contributed by atoms with Crippen LogP contribution in [-0.4, -0.2) is 50.0 Å². The van der Waals surface area contributed by atoms with E-state index in [-0.39, 0.29) is 24.8 Å². The number of nitrogens with two attached hydrogens (primary N) is 2. The third-order valence-corrected chi connectivity index (χ3v) is 6.81. The van der Waals surface area contributed by atoms with Crippen LogP contribution in [0.4, 0.5) is 11.8 Å². The second-order valence-corrected chi connectivity index (χ2v) is 9.74. The van der Waals surface area contributed by atoms with Crippen molar-refractivity contribution in [3.63, 3.8) is 0 Å². The molecule has 0 saturated carbocycles. The van der Waals surface area contributed by atoms with Gasteiger partial charge in [0.15, 0.2) is 18.0 Å². The number of hydrogen-bond donors (Lipinski definition) is 2. The van der Waals surface area contributed by atoms with Gasteiger partial charge in [0.25, 0.3) is 0 Å². The van der Waals surface area contributed by atoms with Crippen molar-refractivity contribution in [2.45, 2.75) is 45.1 Å². The molecular weight excluding hydrogens is 512 g/mol. The van der Waals surface area contributed by atoms with Crippen LogP contribution in [0, 0.1) is 33.1 Å². The highest BCUT2D eigenvalue weighted by molar-refractivity contribution is 5.90. The second kappa shape index (κ2) is 10.3. The first-order valence-corrected chi connectivity index (χ1v) is 12.5. The molecule has 4 N–H and O–H groups in total. The van der Waals surface area contributed by atoms with Gasteiger partial charge < -0.3 is 25.7 Å². The van der Waals surface area contributed by atoms with E-state index in [2.05, 4.69) is 21.0 Å². The van der Waals surface area contributed by atoms with Gasteiger partial charge in [-0.05, 0) is 45.0 Å². The maximum Gasteiger partial charge on any atom is 0.338 e. The minimum atomic E-state index is -1.62. The van der Waals surface area contributed by atoms with Crippen LogP contribution in [0.2, 0.25) is 0 Å². The van der Waals surface area contributed by atoms with Crippen molar-refractivity contribution in [1.82, 2.24) is 19.7 Å². The summed E-state index contributed by atoms with van der Waals surface area (Å²) in [7, 11) is 0. The minimum Gasteiger partial charge on any atom is -0.458 e. The van der Waals surface area contributed by atoms with E-state index in [0.717, 1.165) is 11.1 Å². The summed E-state index contributed by atoms with van der Waals surface area (Å²) < 4.78 is 19.3. The van der Waals surface area contributed by atoms with E-state index in [4.69, 9.17) is 32.1 Å². The quantitative estimate of drug-likeness (QED) is 0.275. The molecule has 0 spiro atoms. The number of nitrogen functional groups attached to an aromatic ring is 2. The molecule has 0 bridgehead atoms. The number of aromatic nitrogens is 4. The first kappa shape index (κ1) is 26.6. The number of ether oxygens (including phenoxy) is 3. The Morgan fingerprint density at radius 3 is 2.23 bits per heavy atom. The predicted molar refractivity (Wildman–Crippen MR) is 147 cm³/mol. The number of rotatable bonds is 6. The number of nitrogens with zero attached hydrogens (tertiary/aromatic N) is 4. The SMILES string of the molecule is C#C[C@]1(COC(=O)c2ccc(C)cc2)O[C@H](n2nc(C)c3c(N)nc(N)nc32)C[C@@H]1OC(=O)c1ccc(C)cc1. The van der Waals surface area contributed by atoms with E-state index in [0.29, 0.717) is 27.9 Å². The van der Waals surface area contributed by atoms with Crippen LogP contribution < -0.4 is 11.5 Å². The summed E-state index contributed by atoms with van der Waals surface area (Å²) in [6.07, 6.45) is 4.23. The molecule has 204 valence electrons. The lowest BCUT2D eigenvalue weighted by Crippen LogP contribution is -2.45. The van der Waals surface area contributed by atoms with Gasteiger partial charge >= 0.3 is 11.9 Å². The number of hydrogen-bond acceptors (Lipinski definition) is 10. The summed E-state index contributed by atoms with van der Waals surface area (Å²) in [6.45, 7) is 5.19. The molecule has 2 aromatic heterocycles. The van der Waals surface area contributed by atoms with Gasteiger partial charge in [-0.2, -0.15) is 15.1 Å². The molecule has 3 heterocycles. The maximum atomic E-state index is 13.1. The second-order valence-electron chi connectivity index (χ2n) is 9.74. The Balaban J connectivity index is 1.48. The van der Waals surface area contributed by atoms with Crippen LogP contribution >= 0.6 is 0 Å². The highest BCUT2D eigenvalue weighted by atomic mass is 16.6. The van der Waals surface area contributed by atoms with Crippen molar-refractivity contribution < 1.29 is 23.8 Å². The number of terminal acetylenes is 1. The molecule has 1 aliphatic heterocycles. The molecule has 1 fully saturated rings. The van der Waals surface area contributed by atoms with Gasteiger partial charge in [-0.25, -0.2) is 14.3 Å². The Kier molecular flexibility index (Phi) is 6.87. The molecule has 0 amide bonds. The number of carbonyl (C=O) groups excluding carboxylic acids is 2. The van der Waals surface area contributed by atoms with Crippen molar-refractivity contribution >= 4 is 34.7 Å². The molecule has 2 aromatic carbocycles. The first-order valence-electron chi connectivity index (χ1n) is 12.5. The summed E-state index contributed by atoms with van der Waals surface area (Å²) in [4.78, 5) is 34.3. The Morgan fingerprint density at radius 1 is 1.02 bits per heavy atom. The van der Waals surface area contributed by atoms with Crippen LogP contribution in [-0.2, 0) is 14.2 Å². The summed E-state index contributed by atoms with van der Waals surface area (Å²) in [6, 6.07) is 13.8. The third kappa shape index (κ3) is 4.92. The number of benzene rings is 2. The van der Waals surface area contributed by atoms with Crippen LogP contribution in [0.15, 0.2) is 48.5 Å². The van der Waals surface area contributed by atoms with Crippen LogP contribution in [0.5, 0.6) is 0 Å². The fourth-order valence-corrected chi connectivity index (χ4v) is 4.62. The zero-order valence-corrected chi connectivity index (χ0v) is 22.2. The molecule has 4 aromatic rings. The van der Waals surface area contributed by atoms with Crippen molar-refractivity contribution in [3.05, 3.63) is 76.5 Å². The molecule has 0 radical (unpaired) electrons. The van der Waals surface area contributed by atoms with Crippen LogP contribution in [0.1, 0.15) is 50.2 Å². The Bertz CT molecular complexity index is 1640. The van der Waals surface area contributed by atoms with Gasteiger partial charge in [0, 0.05) is 6.42 Å². The zero-order chi connectivity index (χ0) is 28.6. The number of esters is 2. The highest BCUT2D eigenvalue weighted by Gasteiger charge is 2.53. The molecule has 1 aliphatic rings. The summed E-state index contributed by atoms with van der Waals surface area (Å²) in [5.41, 5.74) is 13.9. The normalized spacial score (nSPS) is 20.2. The average molecular weight is 541 g/mol. The molecule has 11 nitrogen and oxygen atoms in total. The summed E-state index contributed by atoms with van der Waals surface area (Å²) in [5.74, 6) is 1.52. The van der Waals surface area contributed by atoms with Crippen molar-refractivity contribution in [2.24, 2.45) is 0 Å². The lowest BCUT2D eigenvalue weighted by atomic mass is 9.98. The van der Waals surface area contributed by atoms with E-state index in [9.17, 15) is 9.59 Å². The van der Waals surface area contributed by atoms with Gasteiger partial charge in [0.2, 0.25) is 11.5 Å². The Morgan fingerprint density at radius 2 is 1.62 bits per heavy atom. The van der Waals surface area contributed by atoms with Gasteiger partial charge in [-0.15, -0.1) is 6.42 Å². The van der Waals surface area contributed by atoms with E-state index in [1.165, 1.54) is 4.68 Å². The van der Waals surface area contributed by atoms with Crippen molar-refractivity contribution in [1.29, 1.82) is 0 Å². The van der Waals surface area contributed by atoms with Crippen molar-refractivity contribution in [2.75, 3.05) is 18.1 Å². The van der Waals surface area contributed by atoms with E-state index in [1.54, 1.807) is 55.5 Å². The number of aryl methyl sites for hydroxylation is 3.